The van der Waals surface area contributed by atoms with Crippen LogP contribution in [0.2, 0.25) is 0 Å². The van der Waals surface area contributed by atoms with E-state index in [1.54, 1.807) is 5.41 Å². The summed E-state index contributed by atoms with van der Waals surface area (Å²) in [7, 11) is -3.43. The van der Waals surface area contributed by atoms with Crippen molar-refractivity contribution in [1.29, 1.82) is 0 Å². The maximum atomic E-state index is 12.8. The number of aliphatic carboxylic acids is 1. The van der Waals surface area contributed by atoms with E-state index in [0.29, 0.717) is 17.2 Å². The van der Waals surface area contributed by atoms with Crippen LogP contribution in [0, 0.1) is 0 Å². The first-order chi connectivity index (χ1) is 16.6. The number of sulfonamides is 1. The van der Waals surface area contributed by atoms with Gasteiger partial charge in [0, 0.05) is 17.2 Å². The Labute approximate surface area is 210 Å². The van der Waals surface area contributed by atoms with E-state index in [4.69, 9.17) is 0 Å². The number of carbonyl (C=O) groups is 3. The molecule has 186 valence electrons. The zero-order valence-corrected chi connectivity index (χ0v) is 21.0. The number of fused-ring (bicyclic) bond motifs is 1. The zero-order chi connectivity index (χ0) is 25.2. The molecule has 1 unspecified atom stereocenters. The van der Waals surface area contributed by atoms with Gasteiger partial charge in [0.1, 0.15) is 17.1 Å². The van der Waals surface area contributed by atoms with Crippen molar-refractivity contribution in [2.45, 2.75) is 17.8 Å². The number of hydrogen-bond donors (Lipinski definition) is 4. The van der Waals surface area contributed by atoms with Gasteiger partial charge < -0.3 is 15.7 Å². The topological polar surface area (TPSA) is 157 Å². The molecule has 0 aliphatic carbocycles. The average molecular weight is 538 g/mol. The maximum absolute atomic E-state index is 12.8. The molecule has 0 spiro atoms. The third-order valence-electron chi connectivity index (χ3n) is 5.23. The van der Waals surface area contributed by atoms with Crippen LogP contribution in [0.1, 0.15) is 5.56 Å². The van der Waals surface area contributed by atoms with Crippen LogP contribution >= 0.6 is 23.5 Å². The van der Waals surface area contributed by atoms with Crippen molar-refractivity contribution in [2.24, 2.45) is 4.99 Å². The van der Waals surface area contributed by atoms with Gasteiger partial charge in [0.15, 0.2) is 0 Å². The molecule has 3 aliphatic heterocycles. The molecule has 1 fully saturated rings. The number of β-lactam (4-membered cyclic amide) rings is 1. The number of amides is 2. The van der Waals surface area contributed by atoms with Crippen LogP contribution < -0.4 is 15.4 Å². The van der Waals surface area contributed by atoms with Gasteiger partial charge in [-0.3, -0.25) is 19.2 Å². The molecule has 35 heavy (non-hydrogen) atoms. The molecule has 0 bridgehead atoms. The highest BCUT2D eigenvalue weighted by Crippen LogP contribution is 2.43. The average Bonchev–Trinajstić information content (AvgIpc) is 2.81. The smallest absolute Gasteiger partial charge is 0.353 e. The monoisotopic (exact) mass is 537 g/mol. The third-order valence-corrected chi connectivity index (χ3v) is 8.33. The summed E-state index contributed by atoms with van der Waals surface area (Å²) in [4.78, 5) is 43.1. The number of guanidine groups is 1. The molecule has 0 radical (unpaired) electrons. The minimum Gasteiger partial charge on any atom is -0.477 e. The summed E-state index contributed by atoms with van der Waals surface area (Å²) in [6.45, 7) is 0.597. The standard InChI is InChI=1S/C21H23N5O6S3/c1-35(31,32)25-21-22-8-13(9-23-21)10-33-14-11-34-19-16(18(28)26(19)17(14)20(29)30)24-15(27)7-12-5-3-2-4-6-12/h2-6,10,16,19H,7-9,11H2,1H3,(H,24,27)(H,29,30)(H2,22,23,25)/t16?,19-/m1/s1. The van der Waals surface area contributed by atoms with E-state index in [0.717, 1.165) is 17.4 Å². The lowest BCUT2D eigenvalue weighted by Crippen LogP contribution is -2.70. The number of thioether (sulfide) groups is 2. The van der Waals surface area contributed by atoms with Crippen LogP contribution in [0.3, 0.4) is 0 Å². The van der Waals surface area contributed by atoms with Gasteiger partial charge >= 0.3 is 5.97 Å². The summed E-state index contributed by atoms with van der Waals surface area (Å²) in [5.74, 6) is -1.43. The Bertz CT molecular complexity index is 1250. The first kappa shape index (κ1) is 25.1. The second kappa shape index (κ2) is 10.3. The van der Waals surface area contributed by atoms with Crippen LogP contribution in [0.15, 0.2) is 56.9 Å². The summed E-state index contributed by atoms with van der Waals surface area (Å²) in [6.07, 6.45) is 1.17. The Morgan fingerprint density at radius 3 is 2.71 bits per heavy atom. The molecule has 3 heterocycles. The number of carboxylic acid groups (broad SMARTS) is 1. The van der Waals surface area contributed by atoms with Gasteiger partial charge in [-0.1, -0.05) is 42.1 Å². The molecule has 1 aromatic carbocycles. The van der Waals surface area contributed by atoms with Crippen molar-refractivity contribution in [3.63, 3.8) is 0 Å². The van der Waals surface area contributed by atoms with E-state index >= 15 is 0 Å². The fourth-order valence-electron chi connectivity index (χ4n) is 3.65. The fourth-order valence-corrected chi connectivity index (χ4v) is 6.58. The Kier molecular flexibility index (Phi) is 7.42. The second-order valence-corrected chi connectivity index (χ2v) is 11.8. The van der Waals surface area contributed by atoms with Gasteiger partial charge in [-0.25, -0.2) is 18.2 Å². The maximum Gasteiger partial charge on any atom is 0.353 e. The molecule has 4 rings (SSSR count). The molecule has 11 nitrogen and oxygen atoms in total. The summed E-state index contributed by atoms with van der Waals surface area (Å²) < 4.78 is 24.9. The predicted octanol–water partition coefficient (Wildman–Crippen LogP) is 0.0507. The van der Waals surface area contributed by atoms with Crippen LogP contribution in [-0.4, -0.2) is 78.7 Å². The first-order valence-corrected chi connectivity index (χ1v) is 14.3. The molecule has 1 saturated heterocycles. The molecule has 0 aromatic heterocycles. The Morgan fingerprint density at radius 2 is 2.09 bits per heavy atom. The Balaban J connectivity index is 1.40. The molecule has 1 aromatic rings. The largest absolute Gasteiger partial charge is 0.477 e. The van der Waals surface area contributed by atoms with E-state index in [2.05, 4.69) is 20.3 Å². The van der Waals surface area contributed by atoms with Gasteiger partial charge in [-0.15, -0.1) is 11.8 Å². The van der Waals surface area contributed by atoms with E-state index < -0.39 is 33.3 Å². The summed E-state index contributed by atoms with van der Waals surface area (Å²) >= 11 is 2.60. The van der Waals surface area contributed by atoms with Crippen molar-refractivity contribution in [3.8, 4) is 0 Å². The minimum absolute atomic E-state index is 0.0825. The molecule has 3 aliphatic rings. The highest BCUT2D eigenvalue weighted by Gasteiger charge is 2.54. The minimum atomic E-state index is -3.43. The number of rotatable bonds is 7. The van der Waals surface area contributed by atoms with E-state index in [-0.39, 0.29) is 30.5 Å². The van der Waals surface area contributed by atoms with E-state index in [9.17, 15) is 27.9 Å². The molecule has 14 heteroatoms. The summed E-state index contributed by atoms with van der Waals surface area (Å²) in [5.41, 5.74) is 1.57. The van der Waals surface area contributed by atoms with Crippen molar-refractivity contribution in [2.75, 3.05) is 25.1 Å². The lowest BCUT2D eigenvalue weighted by atomic mass is 10.0. The molecular formula is C21H23N5O6S3. The number of aliphatic imine (C=N–C) groups is 1. The van der Waals surface area contributed by atoms with Crippen LogP contribution in [0.5, 0.6) is 0 Å². The number of nitrogens with one attached hydrogen (secondary N) is 3. The zero-order valence-electron chi connectivity index (χ0n) is 18.6. The van der Waals surface area contributed by atoms with Crippen molar-refractivity contribution < 1.29 is 27.9 Å². The second-order valence-electron chi connectivity index (χ2n) is 7.98. The predicted molar refractivity (Wildman–Crippen MR) is 134 cm³/mol. The quantitative estimate of drug-likeness (QED) is 0.353. The van der Waals surface area contributed by atoms with Crippen LogP contribution in [0.25, 0.3) is 0 Å². The molecule has 4 N–H and O–H groups in total. The van der Waals surface area contributed by atoms with E-state index in [1.807, 2.05) is 30.3 Å². The fraction of sp³-hybridized carbons (Fsp3) is 0.333. The molecule has 2 atom stereocenters. The number of benzene rings is 1. The van der Waals surface area contributed by atoms with Crippen molar-refractivity contribution in [1.82, 2.24) is 20.3 Å². The lowest BCUT2D eigenvalue weighted by Gasteiger charge is -2.49. The van der Waals surface area contributed by atoms with Gasteiger partial charge in [-0.2, -0.15) is 0 Å². The van der Waals surface area contributed by atoms with Gasteiger partial charge in [0.25, 0.3) is 5.91 Å². The Hall–Kier alpha value is -2.97. The van der Waals surface area contributed by atoms with Crippen LogP contribution in [0.4, 0.5) is 0 Å². The normalized spacial score (nSPS) is 23.1. The van der Waals surface area contributed by atoms with E-state index in [1.165, 1.54) is 28.4 Å². The molecule has 0 saturated carbocycles. The SMILES string of the molecule is CS(=O)(=O)NC1=NCC(=CSC2=C(C(=O)O)N3C(=O)C(NC(=O)Cc4ccccc4)[C@H]3SC2)CN1. The van der Waals surface area contributed by atoms with Crippen molar-refractivity contribution in [3.05, 3.63) is 57.5 Å². The van der Waals surface area contributed by atoms with Gasteiger partial charge in [0.2, 0.25) is 21.9 Å². The molecule has 2 amide bonds. The van der Waals surface area contributed by atoms with Crippen LogP contribution in [-0.2, 0) is 30.8 Å². The first-order valence-electron chi connectivity index (χ1n) is 10.5. The molecular weight excluding hydrogens is 514 g/mol. The van der Waals surface area contributed by atoms with Gasteiger partial charge in [0.05, 0.1) is 19.2 Å². The lowest BCUT2D eigenvalue weighted by molar-refractivity contribution is -0.150. The third kappa shape index (κ3) is 6.00. The van der Waals surface area contributed by atoms with Gasteiger partial charge in [-0.05, 0) is 16.5 Å². The highest BCUT2D eigenvalue weighted by atomic mass is 32.2. The van der Waals surface area contributed by atoms with Crippen molar-refractivity contribution >= 4 is 57.3 Å². The Morgan fingerprint density at radius 1 is 1.34 bits per heavy atom. The summed E-state index contributed by atoms with van der Waals surface area (Å²) in [5, 5.41) is 16.7. The number of nitrogens with zero attached hydrogens (tertiary/aromatic N) is 2. The number of carbonyl (C=O) groups excluding carboxylic acids is 2. The highest BCUT2D eigenvalue weighted by molar-refractivity contribution is 8.08. The number of carboxylic acids is 1. The number of hydrogen-bond acceptors (Lipinski definition) is 9. The summed E-state index contributed by atoms with van der Waals surface area (Å²) in [6, 6.07) is 8.38.